The minimum atomic E-state index is -0.564. The van der Waals surface area contributed by atoms with Crippen LogP contribution in [0.1, 0.15) is 75.2 Å². The summed E-state index contributed by atoms with van der Waals surface area (Å²) in [5, 5.41) is 0. The van der Waals surface area contributed by atoms with E-state index in [0.717, 1.165) is 24.7 Å². The van der Waals surface area contributed by atoms with Crippen LogP contribution in [0.25, 0.3) is 0 Å². The molecule has 0 amide bonds. The minimum Gasteiger partial charge on any atom is -0.374 e. The molecule has 0 saturated heterocycles. The van der Waals surface area contributed by atoms with E-state index in [2.05, 4.69) is 41.5 Å². The Kier molecular flexibility index (Phi) is 12.0. The van der Waals surface area contributed by atoms with E-state index in [0.29, 0.717) is 19.1 Å². The standard InChI is InChI=1S/C23H42O4/c1-10-12-23(9,19(7)18(6)22(25)17(5)13-24)27-15-21(11-2)14-26-20(8)16(3)4/h11,13,16-20H,10,12,14-15H2,1-9H3/b21-11+/t17?,18-,19-,20?,23-/m1/s1. The molecular formula is C23H42O4. The number of hydrogen-bond acceptors (Lipinski definition) is 4. The summed E-state index contributed by atoms with van der Waals surface area (Å²) in [5.74, 6) is -0.316. The Balaban J connectivity index is 5.06. The minimum absolute atomic E-state index is 0.0104. The fraction of sp³-hybridized carbons (Fsp3) is 0.826. The van der Waals surface area contributed by atoms with Gasteiger partial charge in [-0.25, -0.2) is 0 Å². The average Bonchev–Trinajstić information content (AvgIpc) is 2.65. The third-order valence-electron chi connectivity index (χ3n) is 6.03. The molecule has 0 aliphatic heterocycles. The molecule has 2 unspecified atom stereocenters. The third-order valence-corrected chi connectivity index (χ3v) is 6.03. The number of carbonyl (C=O) groups excluding carboxylic acids is 2. The van der Waals surface area contributed by atoms with E-state index in [1.54, 1.807) is 6.92 Å². The van der Waals surface area contributed by atoms with Gasteiger partial charge in [-0.2, -0.15) is 0 Å². The zero-order valence-electron chi connectivity index (χ0n) is 19.0. The van der Waals surface area contributed by atoms with Crippen molar-refractivity contribution in [2.45, 2.75) is 86.9 Å². The quantitative estimate of drug-likeness (QED) is 0.234. The number of allylic oxidation sites excluding steroid dienone is 1. The molecule has 0 rings (SSSR count). The van der Waals surface area contributed by atoms with Crippen LogP contribution in [-0.4, -0.2) is 37.0 Å². The Hall–Kier alpha value is -1.00. The van der Waals surface area contributed by atoms with Crippen LogP contribution in [0.4, 0.5) is 0 Å². The van der Waals surface area contributed by atoms with Gasteiger partial charge in [-0.15, -0.1) is 0 Å². The molecule has 0 aromatic heterocycles. The van der Waals surface area contributed by atoms with E-state index < -0.39 is 11.5 Å². The Labute approximate surface area is 167 Å². The number of aldehydes is 1. The molecule has 5 atom stereocenters. The summed E-state index contributed by atoms with van der Waals surface area (Å²) in [5.41, 5.74) is 0.682. The van der Waals surface area contributed by atoms with Crippen LogP contribution in [0.5, 0.6) is 0 Å². The van der Waals surface area contributed by atoms with E-state index in [1.165, 1.54) is 0 Å². The van der Waals surface area contributed by atoms with Gasteiger partial charge in [0.15, 0.2) is 0 Å². The number of carbonyl (C=O) groups is 2. The summed E-state index contributed by atoms with van der Waals surface area (Å²) in [6, 6.07) is 0. The largest absolute Gasteiger partial charge is 0.374 e. The summed E-state index contributed by atoms with van der Waals surface area (Å²) in [4.78, 5) is 23.5. The molecule has 0 N–H and O–H groups in total. The molecule has 4 nitrogen and oxygen atoms in total. The van der Waals surface area contributed by atoms with Crippen LogP contribution >= 0.6 is 0 Å². The zero-order chi connectivity index (χ0) is 21.2. The molecule has 0 aromatic carbocycles. The predicted octanol–water partition coefficient (Wildman–Crippen LogP) is 5.25. The number of hydrogen-bond donors (Lipinski definition) is 0. The molecule has 0 spiro atoms. The molecule has 0 aliphatic rings. The molecule has 0 fully saturated rings. The maximum atomic E-state index is 12.5. The molecule has 0 radical (unpaired) electrons. The van der Waals surface area contributed by atoms with E-state index in [1.807, 2.05) is 19.9 Å². The van der Waals surface area contributed by atoms with Crippen molar-refractivity contribution in [1.29, 1.82) is 0 Å². The van der Waals surface area contributed by atoms with Gasteiger partial charge in [0.1, 0.15) is 12.1 Å². The van der Waals surface area contributed by atoms with E-state index in [4.69, 9.17) is 9.47 Å². The monoisotopic (exact) mass is 382 g/mol. The second-order valence-electron chi connectivity index (χ2n) is 8.46. The predicted molar refractivity (Wildman–Crippen MR) is 112 cm³/mol. The third kappa shape index (κ3) is 8.27. The van der Waals surface area contributed by atoms with Gasteiger partial charge in [0.05, 0.1) is 30.8 Å². The molecule has 4 heteroatoms. The highest BCUT2D eigenvalue weighted by molar-refractivity contribution is 5.94. The van der Waals surface area contributed by atoms with Crippen LogP contribution in [0, 0.1) is 23.7 Å². The number of Topliss-reactive ketones (excluding diaryl/α,β-unsaturated/α-hetero) is 1. The lowest BCUT2D eigenvalue weighted by molar-refractivity contribution is -0.137. The lowest BCUT2D eigenvalue weighted by Gasteiger charge is -2.39. The highest BCUT2D eigenvalue weighted by Gasteiger charge is 2.38. The first-order chi connectivity index (χ1) is 12.5. The molecule has 0 bridgehead atoms. The number of ether oxygens (including phenoxy) is 2. The molecule has 0 aliphatic carbocycles. The fourth-order valence-electron chi connectivity index (χ4n) is 3.08. The molecular weight excluding hydrogens is 340 g/mol. The molecule has 0 aromatic rings. The highest BCUT2D eigenvalue weighted by Crippen LogP contribution is 2.34. The average molecular weight is 383 g/mol. The summed E-state index contributed by atoms with van der Waals surface area (Å²) in [6.45, 7) is 19.3. The second kappa shape index (κ2) is 12.5. The van der Waals surface area contributed by atoms with Crippen molar-refractivity contribution in [3.8, 4) is 0 Å². The van der Waals surface area contributed by atoms with E-state index in [9.17, 15) is 9.59 Å². The normalized spacial score (nSPS) is 19.3. The lowest BCUT2D eigenvalue weighted by Crippen LogP contribution is -2.43. The van der Waals surface area contributed by atoms with Gasteiger partial charge in [0.2, 0.25) is 0 Å². The van der Waals surface area contributed by atoms with Crippen LogP contribution in [-0.2, 0) is 19.1 Å². The first-order valence-corrected chi connectivity index (χ1v) is 10.4. The van der Waals surface area contributed by atoms with Crippen molar-refractivity contribution in [3.05, 3.63) is 11.6 Å². The van der Waals surface area contributed by atoms with E-state index in [-0.39, 0.29) is 23.7 Å². The van der Waals surface area contributed by atoms with Gasteiger partial charge < -0.3 is 14.3 Å². The van der Waals surface area contributed by atoms with Gasteiger partial charge in [0, 0.05) is 5.92 Å². The SMILES string of the molecule is C/C=C(\COC(C)C(C)C)CO[C@](C)(CCC)[C@H](C)[C@@H](C)C(=O)C(C)C=O. The molecule has 27 heavy (non-hydrogen) atoms. The van der Waals surface area contributed by atoms with Crippen molar-refractivity contribution in [2.24, 2.45) is 23.7 Å². The van der Waals surface area contributed by atoms with Gasteiger partial charge in [-0.3, -0.25) is 4.79 Å². The Morgan fingerprint density at radius 1 is 1.07 bits per heavy atom. The van der Waals surface area contributed by atoms with Gasteiger partial charge in [-0.05, 0) is 51.5 Å². The first-order valence-electron chi connectivity index (χ1n) is 10.4. The van der Waals surface area contributed by atoms with Crippen molar-refractivity contribution in [3.63, 3.8) is 0 Å². The maximum absolute atomic E-state index is 12.5. The summed E-state index contributed by atoms with van der Waals surface area (Å²) < 4.78 is 12.3. The second-order valence-corrected chi connectivity index (χ2v) is 8.46. The number of ketones is 1. The smallest absolute Gasteiger partial charge is 0.145 e. The van der Waals surface area contributed by atoms with Crippen LogP contribution < -0.4 is 0 Å². The first kappa shape index (κ1) is 26.0. The molecule has 0 heterocycles. The van der Waals surface area contributed by atoms with Gasteiger partial charge in [0.25, 0.3) is 0 Å². The topological polar surface area (TPSA) is 52.6 Å². The van der Waals surface area contributed by atoms with E-state index >= 15 is 0 Å². The highest BCUT2D eigenvalue weighted by atomic mass is 16.5. The number of rotatable bonds is 14. The summed E-state index contributed by atoms with van der Waals surface area (Å²) in [7, 11) is 0. The Morgan fingerprint density at radius 3 is 2.11 bits per heavy atom. The maximum Gasteiger partial charge on any atom is 0.145 e. The lowest BCUT2D eigenvalue weighted by atomic mass is 9.75. The molecule has 0 saturated carbocycles. The summed E-state index contributed by atoms with van der Waals surface area (Å²) >= 11 is 0. The molecule has 158 valence electrons. The van der Waals surface area contributed by atoms with Crippen LogP contribution in [0.2, 0.25) is 0 Å². The Bertz CT molecular complexity index is 483. The Morgan fingerprint density at radius 2 is 1.67 bits per heavy atom. The van der Waals surface area contributed by atoms with Gasteiger partial charge >= 0.3 is 0 Å². The summed E-state index contributed by atoms with van der Waals surface area (Å²) in [6.07, 6.45) is 4.81. The van der Waals surface area contributed by atoms with Crippen molar-refractivity contribution >= 4 is 12.1 Å². The van der Waals surface area contributed by atoms with Crippen molar-refractivity contribution in [2.75, 3.05) is 13.2 Å². The van der Waals surface area contributed by atoms with Crippen LogP contribution in [0.15, 0.2) is 11.6 Å². The van der Waals surface area contributed by atoms with Crippen molar-refractivity contribution < 1.29 is 19.1 Å². The van der Waals surface area contributed by atoms with Crippen LogP contribution in [0.3, 0.4) is 0 Å². The van der Waals surface area contributed by atoms with Gasteiger partial charge in [-0.1, -0.05) is 47.1 Å². The van der Waals surface area contributed by atoms with Crippen molar-refractivity contribution in [1.82, 2.24) is 0 Å². The zero-order valence-corrected chi connectivity index (χ0v) is 19.0. The fourth-order valence-corrected chi connectivity index (χ4v) is 3.08.